The van der Waals surface area contributed by atoms with Gasteiger partial charge in [-0.15, -0.1) is 0 Å². The Kier molecular flexibility index (Phi) is 32.0. The summed E-state index contributed by atoms with van der Waals surface area (Å²) >= 11 is 0. The monoisotopic (exact) mass is 208 g/mol. The van der Waals surface area contributed by atoms with Crippen molar-refractivity contribution in [3.8, 4) is 0 Å². The number of aliphatic hydroxyl groups is 3. The second-order valence-corrected chi connectivity index (χ2v) is 3.25. The molecule has 0 rings (SSSR count). The molecule has 0 heterocycles. The Balaban J connectivity index is -0.000000135. The van der Waals surface area contributed by atoms with Gasteiger partial charge in [0.2, 0.25) is 0 Å². The summed E-state index contributed by atoms with van der Waals surface area (Å²) < 4.78 is 0. The molecule has 0 aromatic heterocycles. The smallest absolute Gasteiger partial charge is 0.0483 e. The van der Waals surface area contributed by atoms with E-state index in [0.29, 0.717) is 13.2 Å². The van der Waals surface area contributed by atoms with Crippen LogP contribution in [0.4, 0.5) is 0 Å². The number of aliphatic hydroxyl groups excluding tert-OH is 3. The van der Waals surface area contributed by atoms with Crippen LogP contribution < -0.4 is 0 Å². The van der Waals surface area contributed by atoms with E-state index in [1.54, 1.807) is 13.8 Å². The van der Waals surface area contributed by atoms with Gasteiger partial charge in [-0.05, 0) is 26.7 Å². The predicted octanol–water partition coefficient (Wildman–Crippen LogP) is 1.94. The third kappa shape index (κ3) is 93.4. The van der Waals surface area contributed by atoms with Gasteiger partial charge in [0, 0.05) is 19.3 Å². The fourth-order valence-corrected chi connectivity index (χ4v) is 0.362. The molecule has 0 atom stereocenters. The van der Waals surface area contributed by atoms with E-state index >= 15 is 0 Å². The summed E-state index contributed by atoms with van der Waals surface area (Å²) in [5.41, 5.74) is 0. The highest BCUT2D eigenvalue weighted by molar-refractivity contribution is 4.30. The molecular weight excluding hydrogens is 180 g/mol. The summed E-state index contributed by atoms with van der Waals surface area (Å²) in [6.07, 6.45) is 4.04. The first-order chi connectivity index (χ1) is 6.56. The molecule has 0 saturated carbocycles. The Hall–Kier alpha value is -0.120. The maximum Gasteiger partial charge on any atom is 0.0483 e. The van der Waals surface area contributed by atoms with Crippen molar-refractivity contribution < 1.29 is 15.3 Å². The van der Waals surface area contributed by atoms with Gasteiger partial charge in [-0.3, -0.25) is 0 Å². The lowest BCUT2D eigenvalue weighted by Gasteiger charge is -1.85. The molecule has 3 N–H and O–H groups in total. The molecule has 0 unspecified atom stereocenters. The molecule has 0 fully saturated rings. The number of unbranched alkanes of at least 4 members (excludes halogenated alkanes) is 2. The van der Waals surface area contributed by atoms with Crippen LogP contribution >= 0.6 is 0 Å². The van der Waals surface area contributed by atoms with Crippen molar-refractivity contribution in [3.05, 3.63) is 0 Å². The second kappa shape index (κ2) is 23.1. The molecule has 3 heteroatoms. The molecule has 0 aliphatic rings. The third-order valence-electron chi connectivity index (χ3n) is 0.985. The van der Waals surface area contributed by atoms with Gasteiger partial charge in [0.1, 0.15) is 0 Å². The summed E-state index contributed by atoms with van der Waals surface area (Å²) in [4.78, 5) is 0. The largest absolute Gasteiger partial charge is 0.396 e. The lowest BCUT2D eigenvalue weighted by atomic mass is 10.3. The van der Waals surface area contributed by atoms with E-state index in [9.17, 15) is 0 Å². The minimum atomic E-state index is -0.167. The van der Waals surface area contributed by atoms with Gasteiger partial charge in [-0.2, -0.15) is 0 Å². The van der Waals surface area contributed by atoms with Crippen LogP contribution in [0.25, 0.3) is 0 Å². The third-order valence-corrected chi connectivity index (χ3v) is 0.985. The van der Waals surface area contributed by atoms with Crippen molar-refractivity contribution in [2.75, 3.05) is 13.2 Å². The highest BCUT2D eigenvalue weighted by Gasteiger charge is 1.76. The van der Waals surface area contributed by atoms with Gasteiger partial charge in [0.25, 0.3) is 0 Å². The summed E-state index contributed by atoms with van der Waals surface area (Å²) in [6.45, 7) is 8.17. The van der Waals surface area contributed by atoms with Gasteiger partial charge in [0.15, 0.2) is 0 Å². The molecule has 0 saturated heterocycles. The van der Waals surface area contributed by atoms with E-state index in [1.165, 1.54) is 6.42 Å². The first kappa shape index (κ1) is 19.5. The lowest BCUT2D eigenvalue weighted by molar-refractivity contribution is 0.216. The van der Waals surface area contributed by atoms with Gasteiger partial charge in [-0.25, -0.2) is 0 Å². The molecule has 14 heavy (non-hydrogen) atoms. The first-order valence-electron chi connectivity index (χ1n) is 5.46. The fraction of sp³-hybridized carbons (Fsp3) is 1.00. The molecule has 0 bridgehead atoms. The van der Waals surface area contributed by atoms with Crippen LogP contribution in [0.2, 0.25) is 0 Å². The Morgan fingerprint density at radius 1 is 0.857 bits per heavy atom. The van der Waals surface area contributed by atoms with Crippen LogP contribution in [0, 0.1) is 0 Å². The SMILES string of the molecule is CC(C)O.CCCCCO.CCCO. The molecule has 0 radical (unpaired) electrons. The molecule has 0 aliphatic carbocycles. The molecule has 0 spiro atoms. The van der Waals surface area contributed by atoms with E-state index in [4.69, 9.17) is 15.3 Å². The molecule has 3 nitrogen and oxygen atoms in total. The fourth-order valence-electron chi connectivity index (χ4n) is 0.362. The van der Waals surface area contributed by atoms with E-state index in [2.05, 4.69) is 6.92 Å². The summed E-state index contributed by atoms with van der Waals surface area (Å²) in [5, 5.41) is 24.1. The Morgan fingerprint density at radius 3 is 1.29 bits per heavy atom. The van der Waals surface area contributed by atoms with Crippen LogP contribution in [0.1, 0.15) is 53.4 Å². The summed E-state index contributed by atoms with van der Waals surface area (Å²) in [5.74, 6) is 0. The summed E-state index contributed by atoms with van der Waals surface area (Å²) in [7, 11) is 0. The predicted molar refractivity (Wildman–Crippen MR) is 61.3 cm³/mol. The number of rotatable bonds is 4. The molecular formula is C11H28O3. The van der Waals surface area contributed by atoms with Crippen molar-refractivity contribution >= 4 is 0 Å². The van der Waals surface area contributed by atoms with Gasteiger partial charge >= 0.3 is 0 Å². The van der Waals surface area contributed by atoms with Crippen LogP contribution in [-0.4, -0.2) is 34.6 Å². The highest BCUT2D eigenvalue weighted by Crippen LogP contribution is 1.89. The highest BCUT2D eigenvalue weighted by atomic mass is 16.3. The maximum absolute atomic E-state index is 8.20. The molecule has 0 amide bonds. The van der Waals surface area contributed by atoms with Crippen LogP contribution in [0.15, 0.2) is 0 Å². The van der Waals surface area contributed by atoms with Gasteiger partial charge in [0.05, 0.1) is 0 Å². The van der Waals surface area contributed by atoms with Gasteiger partial charge < -0.3 is 15.3 Å². The van der Waals surface area contributed by atoms with Crippen LogP contribution in [0.3, 0.4) is 0 Å². The Labute approximate surface area is 88.8 Å². The first-order valence-corrected chi connectivity index (χ1v) is 5.46. The Morgan fingerprint density at radius 2 is 1.21 bits per heavy atom. The van der Waals surface area contributed by atoms with Crippen molar-refractivity contribution in [1.29, 1.82) is 0 Å². The topological polar surface area (TPSA) is 60.7 Å². The average molecular weight is 208 g/mol. The van der Waals surface area contributed by atoms with Crippen molar-refractivity contribution in [1.82, 2.24) is 0 Å². The standard InChI is InChI=1S/C5H12O.2C3H8O/c1-2-3-4-5-6;1-3(2)4;1-2-3-4/h6H,2-5H2,1H3;3-4H,1-2H3;4H,2-3H2,1H3. The van der Waals surface area contributed by atoms with E-state index < -0.39 is 0 Å². The molecule has 90 valence electrons. The minimum absolute atomic E-state index is 0.167. The van der Waals surface area contributed by atoms with Crippen LogP contribution in [-0.2, 0) is 0 Å². The minimum Gasteiger partial charge on any atom is -0.396 e. The van der Waals surface area contributed by atoms with E-state index in [1.807, 2.05) is 6.92 Å². The molecule has 0 aromatic carbocycles. The van der Waals surface area contributed by atoms with Crippen molar-refractivity contribution in [2.24, 2.45) is 0 Å². The van der Waals surface area contributed by atoms with E-state index in [-0.39, 0.29) is 6.10 Å². The number of hydrogen-bond acceptors (Lipinski definition) is 3. The normalized spacial score (nSPS) is 8.57. The molecule has 0 aromatic rings. The quantitative estimate of drug-likeness (QED) is 0.619. The zero-order valence-electron chi connectivity index (χ0n) is 10.2. The average Bonchev–Trinajstić information content (AvgIpc) is 2.14. The maximum atomic E-state index is 8.20. The van der Waals surface area contributed by atoms with E-state index in [0.717, 1.165) is 19.3 Å². The molecule has 0 aliphatic heterocycles. The van der Waals surface area contributed by atoms with Crippen molar-refractivity contribution in [2.45, 2.75) is 59.5 Å². The van der Waals surface area contributed by atoms with Crippen LogP contribution in [0.5, 0.6) is 0 Å². The summed E-state index contributed by atoms with van der Waals surface area (Å²) in [6, 6.07) is 0. The lowest BCUT2D eigenvalue weighted by Crippen LogP contribution is -1.85. The number of hydrogen-bond donors (Lipinski definition) is 3. The Bertz CT molecular complexity index is 56.8. The zero-order chi connectivity index (χ0) is 11.8. The second-order valence-electron chi connectivity index (χ2n) is 3.25. The van der Waals surface area contributed by atoms with Crippen molar-refractivity contribution in [3.63, 3.8) is 0 Å². The zero-order valence-corrected chi connectivity index (χ0v) is 10.2. The van der Waals surface area contributed by atoms with Gasteiger partial charge in [-0.1, -0.05) is 26.7 Å².